The second-order valence-corrected chi connectivity index (χ2v) is 6.44. The molecule has 148 valence electrons. The van der Waals surface area contributed by atoms with E-state index in [1.165, 1.54) is 7.11 Å². The van der Waals surface area contributed by atoms with Crippen LogP contribution in [0.1, 0.15) is 17.2 Å². The summed E-state index contributed by atoms with van der Waals surface area (Å²) >= 11 is 0. The number of hydrogen-bond donors (Lipinski definition) is 1. The molecular weight excluding hydrogens is 362 g/mol. The Morgan fingerprint density at radius 2 is 1.71 bits per heavy atom. The first-order chi connectivity index (χ1) is 13.6. The van der Waals surface area contributed by atoms with Crippen LogP contribution >= 0.6 is 0 Å². The molecular formula is C21H23NO6. The molecule has 3 rings (SSSR count). The number of ether oxygens (including phenoxy) is 3. The lowest BCUT2D eigenvalue weighted by Crippen LogP contribution is -2.58. The first-order valence-corrected chi connectivity index (χ1v) is 8.90. The standard InChI is InChI=1S/C21H23NO6/c1-26-20(25)17(23)18-19(24)22(13-14-9-5-3-6-10-14)16(21(27-2)28-18)15-11-7-4-8-12-15/h3-12,16-18,21,23H,13H2,1-2H3/t16?,17-,18-,21?/m1/s1. The van der Waals surface area contributed by atoms with Gasteiger partial charge in [0.05, 0.1) is 7.11 Å². The molecule has 1 saturated heterocycles. The molecule has 1 fully saturated rings. The predicted molar refractivity (Wildman–Crippen MR) is 99.9 cm³/mol. The number of nitrogens with zero attached hydrogens (tertiary/aromatic N) is 1. The summed E-state index contributed by atoms with van der Waals surface area (Å²) in [5.41, 5.74) is 1.73. The topological polar surface area (TPSA) is 85.3 Å². The molecule has 1 amide bonds. The monoisotopic (exact) mass is 385 g/mol. The van der Waals surface area contributed by atoms with Crippen LogP contribution < -0.4 is 0 Å². The highest BCUT2D eigenvalue weighted by atomic mass is 16.7. The van der Waals surface area contributed by atoms with Gasteiger partial charge in [0.15, 0.2) is 18.5 Å². The van der Waals surface area contributed by atoms with E-state index in [4.69, 9.17) is 9.47 Å². The Balaban J connectivity index is 2.00. The molecule has 0 saturated carbocycles. The molecule has 7 nitrogen and oxygen atoms in total. The number of hydrogen-bond acceptors (Lipinski definition) is 6. The Morgan fingerprint density at radius 1 is 1.11 bits per heavy atom. The second-order valence-electron chi connectivity index (χ2n) is 6.44. The maximum absolute atomic E-state index is 13.2. The highest BCUT2D eigenvalue weighted by Gasteiger charge is 2.48. The molecule has 1 N–H and O–H groups in total. The number of amides is 1. The van der Waals surface area contributed by atoms with Gasteiger partial charge in [-0.2, -0.15) is 0 Å². The first kappa shape index (κ1) is 20.0. The van der Waals surface area contributed by atoms with Gasteiger partial charge in [0, 0.05) is 13.7 Å². The Morgan fingerprint density at radius 3 is 2.29 bits per heavy atom. The van der Waals surface area contributed by atoms with Gasteiger partial charge in [0.2, 0.25) is 0 Å². The lowest BCUT2D eigenvalue weighted by molar-refractivity contribution is -0.243. The second kappa shape index (κ2) is 8.97. The van der Waals surface area contributed by atoms with Crippen LogP contribution in [0.3, 0.4) is 0 Å². The van der Waals surface area contributed by atoms with E-state index in [0.29, 0.717) is 0 Å². The van der Waals surface area contributed by atoms with E-state index < -0.39 is 36.4 Å². The SMILES string of the molecule is COC(=O)[C@H](O)[C@H]1OC(OC)C(c2ccccc2)N(Cc2ccccc2)C1=O. The van der Waals surface area contributed by atoms with Gasteiger partial charge in [0.25, 0.3) is 5.91 Å². The van der Waals surface area contributed by atoms with Crippen LogP contribution in [0, 0.1) is 0 Å². The van der Waals surface area contributed by atoms with Gasteiger partial charge in [-0.05, 0) is 11.1 Å². The van der Waals surface area contributed by atoms with Gasteiger partial charge in [-0.3, -0.25) is 4.79 Å². The summed E-state index contributed by atoms with van der Waals surface area (Å²) in [6.45, 7) is 0.271. The fourth-order valence-electron chi connectivity index (χ4n) is 3.31. The summed E-state index contributed by atoms with van der Waals surface area (Å²) < 4.78 is 15.8. The summed E-state index contributed by atoms with van der Waals surface area (Å²) in [5.74, 6) is -1.45. The number of morpholine rings is 1. The maximum atomic E-state index is 13.2. The van der Waals surface area contributed by atoms with Crippen LogP contribution in [0.2, 0.25) is 0 Å². The summed E-state index contributed by atoms with van der Waals surface area (Å²) in [6, 6.07) is 18.3. The fraction of sp³-hybridized carbons (Fsp3) is 0.333. The van der Waals surface area contributed by atoms with Crippen molar-refractivity contribution >= 4 is 11.9 Å². The lowest BCUT2D eigenvalue weighted by atomic mass is 9.99. The van der Waals surface area contributed by atoms with E-state index in [9.17, 15) is 14.7 Å². The van der Waals surface area contributed by atoms with Gasteiger partial charge in [-0.1, -0.05) is 60.7 Å². The number of rotatable bonds is 6. The zero-order valence-corrected chi connectivity index (χ0v) is 15.7. The molecule has 2 aromatic rings. The van der Waals surface area contributed by atoms with Crippen LogP contribution in [-0.2, 0) is 30.3 Å². The zero-order chi connectivity index (χ0) is 20.1. The predicted octanol–water partition coefficient (Wildman–Crippen LogP) is 1.66. The van der Waals surface area contributed by atoms with Crippen molar-refractivity contribution in [2.24, 2.45) is 0 Å². The number of carbonyl (C=O) groups excluding carboxylic acids is 2. The molecule has 0 aliphatic carbocycles. The third kappa shape index (κ3) is 4.06. The van der Waals surface area contributed by atoms with Crippen LogP contribution in [0.15, 0.2) is 60.7 Å². The van der Waals surface area contributed by atoms with E-state index in [1.54, 1.807) is 4.90 Å². The molecule has 0 bridgehead atoms. The van der Waals surface area contributed by atoms with Crippen molar-refractivity contribution in [2.75, 3.05) is 14.2 Å². The van der Waals surface area contributed by atoms with Gasteiger partial charge < -0.3 is 24.2 Å². The average Bonchev–Trinajstić information content (AvgIpc) is 2.75. The average molecular weight is 385 g/mol. The van der Waals surface area contributed by atoms with Crippen molar-refractivity contribution in [2.45, 2.75) is 31.1 Å². The molecule has 1 aliphatic rings. The molecule has 7 heteroatoms. The molecule has 1 heterocycles. The zero-order valence-electron chi connectivity index (χ0n) is 15.7. The van der Waals surface area contributed by atoms with Crippen molar-refractivity contribution in [3.05, 3.63) is 71.8 Å². The number of aliphatic hydroxyl groups is 1. The maximum Gasteiger partial charge on any atom is 0.338 e. The number of esters is 1. The highest BCUT2D eigenvalue weighted by molar-refractivity contribution is 5.89. The van der Waals surface area contributed by atoms with E-state index >= 15 is 0 Å². The number of carbonyl (C=O) groups is 2. The Hall–Kier alpha value is -2.74. The van der Waals surface area contributed by atoms with E-state index in [-0.39, 0.29) is 6.54 Å². The van der Waals surface area contributed by atoms with Gasteiger partial charge in [-0.25, -0.2) is 4.79 Å². The summed E-state index contributed by atoms with van der Waals surface area (Å²) in [7, 11) is 2.60. The molecule has 0 aromatic heterocycles. The van der Waals surface area contributed by atoms with Crippen LogP contribution in [0.5, 0.6) is 0 Å². The molecule has 0 spiro atoms. The molecule has 0 radical (unpaired) electrons. The van der Waals surface area contributed by atoms with Crippen molar-refractivity contribution in [1.82, 2.24) is 4.90 Å². The minimum atomic E-state index is -1.75. The quantitative estimate of drug-likeness (QED) is 0.762. The molecule has 1 aliphatic heterocycles. The smallest absolute Gasteiger partial charge is 0.338 e. The number of aliphatic hydroxyl groups excluding tert-OH is 1. The fourth-order valence-corrected chi connectivity index (χ4v) is 3.31. The summed E-state index contributed by atoms with van der Waals surface area (Å²) in [6.07, 6.45) is -4.03. The Kier molecular flexibility index (Phi) is 6.41. The molecule has 2 aromatic carbocycles. The van der Waals surface area contributed by atoms with Crippen molar-refractivity contribution in [1.29, 1.82) is 0 Å². The van der Waals surface area contributed by atoms with Crippen molar-refractivity contribution in [3.8, 4) is 0 Å². The Labute approximate surface area is 163 Å². The normalized spacial score (nSPS) is 23.3. The first-order valence-electron chi connectivity index (χ1n) is 8.90. The van der Waals surface area contributed by atoms with E-state index in [1.807, 2.05) is 60.7 Å². The van der Waals surface area contributed by atoms with Gasteiger partial charge >= 0.3 is 5.97 Å². The minimum absolute atomic E-state index is 0.271. The van der Waals surface area contributed by atoms with Crippen molar-refractivity contribution in [3.63, 3.8) is 0 Å². The number of methoxy groups -OCH3 is 2. The third-order valence-electron chi connectivity index (χ3n) is 4.70. The van der Waals surface area contributed by atoms with E-state index in [2.05, 4.69) is 4.74 Å². The minimum Gasteiger partial charge on any atom is -0.467 e. The van der Waals surface area contributed by atoms with Crippen LogP contribution in [-0.4, -0.2) is 54.6 Å². The molecule has 28 heavy (non-hydrogen) atoms. The van der Waals surface area contributed by atoms with Crippen LogP contribution in [0.25, 0.3) is 0 Å². The van der Waals surface area contributed by atoms with E-state index in [0.717, 1.165) is 18.2 Å². The lowest BCUT2D eigenvalue weighted by Gasteiger charge is -2.44. The van der Waals surface area contributed by atoms with Gasteiger partial charge in [-0.15, -0.1) is 0 Å². The molecule has 4 atom stereocenters. The Bertz CT molecular complexity index is 797. The highest BCUT2D eigenvalue weighted by Crippen LogP contribution is 2.35. The van der Waals surface area contributed by atoms with Crippen molar-refractivity contribution < 1.29 is 28.9 Å². The van der Waals surface area contributed by atoms with Gasteiger partial charge in [0.1, 0.15) is 6.04 Å². The summed E-state index contributed by atoms with van der Waals surface area (Å²) in [5, 5.41) is 10.3. The summed E-state index contributed by atoms with van der Waals surface area (Å²) in [4.78, 5) is 26.6. The number of benzene rings is 2. The largest absolute Gasteiger partial charge is 0.467 e. The molecule has 2 unspecified atom stereocenters. The third-order valence-corrected chi connectivity index (χ3v) is 4.70. The van der Waals surface area contributed by atoms with Crippen LogP contribution in [0.4, 0.5) is 0 Å².